The van der Waals surface area contributed by atoms with Gasteiger partial charge in [-0.05, 0) is 78.7 Å². The molecule has 3 amide bonds. The predicted octanol–water partition coefficient (Wildman–Crippen LogP) is 2.55. The van der Waals surface area contributed by atoms with Gasteiger partial charge in [0.2, 0.25) is 18.7 Å². The molecule has 2 aromatic rings. The molecule has 0 unspecified atom stereocenters. The fourth-order valence-corrected chi connectivity index (χ4v) is 5.19. The van der Waals surface area contributed by atoms with Crippen molar-refractivity contribution >= 4 is 35.8 Å². The number of fused-ring (bicyclic) bond motifs is 2. The van der Waals surface area contributed by atoms with Crippen LogP contribution in [0.5, 0.6) is 0 Å². The number of hydrogen-bond acceptors (Lipinski definition) is 5. The van der Waals surface area contributed by atoms with Gasteiger partial charge in [0.1, 0.15) is 0 Å². The van der Waals surface area contributed by atoms with Gasteiger partial charge < -0.3 is 16.4 Å². The zero-order chi connectivity index (χ0) is 23.4. The number of carbonyl (C=O) groups is 3. The third kappa shape index (κ3) is 4.14. The maximum atomic E-state index is 12.6. The molecule has 0 radical (unpaired) electrons. The number of nitrogens with two attached hydrogens (primary N) is 1. The lowest BCUT2D eigenvalue weighted by molar-refractivity contribution is -0.127. The van der Waals surface area contributed by atoms with E-state index in [0.717, 1.165) is 71.4 Å². The number of benzene rings is 2. The summed E-state index contributed by atoms with van der Waals surface area (Å²) < 4.78 is 0. The standard InChI is InChI=1S/C25H29N5O3/c1-30-24(33)14-23(29-30)25(10-2-3-11-26)21-8-6-19(27-15-31)12-17(21)4-5-18-13-20(28-16-32)7-9-22(18)25/h6-9,12-13,15-16H,2-5,10-11,14,26H2,1H3,(H,27,31)(H,28,32). The molecule has 4 rings (SSSR count). The molecule has 2 aliphatic rings. The van der Waals surface area contributed by atoms with Crippen molar-refractivity contribution in [2.24, 2.45) is 10.8 Å². The summed E-state index contributed by atoms with van der Waals surface area (Å²) >= 11 is 0. The van der Waals surface area contributed by atoms with Gasteiger partial charge in [0.15, 0.2) is 0 Å². The summed E-state index contributed by atoms with van der Waals surface area (Å²) in [5, 5.41) is 11.7. The molecule has 0 saturated heterocycles. The lowest BCUT2D eigenvalue weighted by Crippen LogP contribution is -2.38. The molecule has 2 aromatic carbocycles. The molecule has 1 heterocycles. The molecule has 1 aliphatic carbocycles. The van der Waals surface area contributed by atoms with Crippen LogP contribution in [0.1, 0.15) is 47.9 Å². The fourth-order valence-electron chi connectivity index (χ4n) is 5.19. The van der Waals surface area contributed by atoms with E-state index in [9.17, 15) is 14.4 Å². The molecular formula is C25H29N5O3. The Bertz CT molecular complexity index is 1050. The van der Waals surface area contributed by atoms with Crippen molar-refractivity contribution in [3.8, 4) is 0 Å². The van der Waals surface area contributed by atoms with Crippen LogP contribution in [0.15, 0.2) is 41.5 Å². The molecule has 0 aromatic heterocycles. The van der Waals surface area contributed by atoms with Crippen molar-refractivity contribution in [2.75, 3.05) is 24.2 Å². The van der Waals surface area contributed by atoms with Crippen molar-refractivity contribution < 1.29 is 14.4 Å². The minimum Gasteiger partial charge on any atom is -0.330 e. The molecule has 0 bridgehead atoms. The third-order valence-electron chi connectivity index (χ3n) is 6.69. The van der Waals surface area contributed by atoms with E-state index in [1.54, 1.807) is 7.05 Å². The molecule has 8 nitrogen and oxygen atoms in total. The van der Waals surface area contributed by atoms with Crippen LogP contribution in [0, 0.1) is 0 Å². The van der Waals surface area contributed by atoms with Crippen molar-refractivity contribution in [3.05, 3.63) is 58.7 Å². The molecule has 33 heavy (non-hydrogen) atoms. The largest absolute Gasteiger partial charge is 0.330 e. The first-order valence-corrected chi connectivity index (χ1v) is 11.2. The number of amides is 3. The number of nitrogens with one attached hydrogen (secondary N) is 2. The Morgan fingerprint density at radius 1 is 1.00 bits per heavy atom. The molecule has 0 saturated carbocycles. The number of hydrogen-bond donors (Lipinski definition) is 3. The fraction of sp³-hybridized carbons (Fsp3) is 0.360. The van der Waals surface area contributed by atoms with Crippen molar-refractivity contribution in [1.82, 2.24) is 5.01 Å². The summed E-state index contributed by atoms with van der Waals surface area (Å²) in [6, 6.07) is 11.9. The van der Waals surface area contributed by atoms with Gasteiger partial charge in [-0.15, -0.1) is 0 Å². The van der Waals surface area contributed by atoms with Crippen LogP contribution >= 0.6 is 0 Å². The van der Waals surface area contributed by atoms with E-state index in [-0.39, 0.29) is 12.3 Å². The van der Waals surface area contributed by atoms with Gasteiger partial charge in [-0.3, -0.25) is 14.4 Å². The number of anilines is 2. The van der Waals surface area contributed by atoms with E-state index in [1.807, 2.05) is 24.3 Å². The molecular weight excluding hydrogens is 418 g/mol. The Balaban J connectivity index is 1.98. The van der Waals surface area contributed by atoms with E-state index in [0.29, 0.717) is 19.4 Å². The highest BCUT2D eigenvalue weighted by Gasteiger charge is 2.46. The number of carbonyl (C=O) groups excluding carboxylic acids is 3. The summed E-state index contributed by atoms with van der Waals surface area (Å²) in [5.74, 6) is -0.0333. The summed E-state index contributed by atoms with van der Waals surface area (Å²) in [7, 11) is 1.69. The summed E-state index contributed by atoms with van der Waals surface area (Å²) in [6.07, 6.45) is 5.61. The Hall–Kier alpha value is -3.52. The smallest absolute Gasteiger partial charge is 0.248 e. The van der Waals surface area contributed by atoms with Crippen LogP contribution in [0.3, 0.4) is 0 Å². The van der Waals surface area contributed by atoms with Crippen LogP contribution in [0.2, 0.25) is 0 Å². The summed E-state index contributed by atoms with van der Waals surface area (Å²) in [6.45, 7) is 0.589. The van der Waals surface area contributed by atoms with Crippen LogP contribution in [0.4, 0.5) is 11.4 Å². The molecule has 172 valence electrons. The zero-order valence-corrected chi connectivity index (χ0v) is 18.8. The van der Waals surface area contributed by atoms with Gasteiger partial charge in [0.25, 0.3) is 0 Å². The van der Waals surface area contributed by atoms with Crippen LogP contribution in [-0.4, -0.2) is 43.0 Å². The number of hydrazone groups is 1. The number of unbranched alkanes of at least 4 members (excludes halogenated alkanes) is 1. The van der Waals surface area contributed by atoms with Crippen LogP contribution in [0.25, 0.3) is 0 Å². The van der Waals surface area contributed by atoms with Gasteiger partial charge in [-0.1, -0.05) is 18.6 Å². The monoisotopic (exact) mass is 447 g/mol. The molecule has 0 atom stereocenters. The highest BCUT2D eigenvalue weighted by atomic mass is 16.2. The summed E-state index contributed by atoms with van der Waals surface area (Å²) in [5.41, 5.74) is 12.0. The first-order valence-electron chi connectivity index (χ1n) is 11.2. The number of nitrogens with zero attached hydrogens (tertiary/aromatic N) is 2. The van der Waals surface area contributed by atoms with Gasteiger partial charge in [-0.2, -0.15) is 5.10 Å². The molecule has 0 fully saturated rings. The Kier molecular flexibility index (Phi) is 6.55. The average molecular weight is 448 g/mol. The second-order valence-electron chi connectivity index (χ2n) is 8.56. The lowest BCUT2D eigenvalue weighted by Gasteiger charge is -2.37. The van der Waals surface area contributed by atoms with E-state index >= 15 is 0 Å². The number of aryl methyl sites for hydroxylation is 2. The first kappa shape index (κ1) is 22.7. The lowest BCUT2D eigenvalue weighted by atomic mass is 9.65. The van der Waals surface area contributed by atoms with E-state index < -0.39 is 5.41 Å². The predicted molar refractivity (Wildman–Crippen MR) is 128 cm³/mol. The van der Waals surface area contributed by atoms with Gasteiger partial charge in [0.05, 0.1) is 17.5 Å². The highest BCUT2D eigenvalue weighted by Crippen LogP contribution is 2.47. The highest BCUT2D eigenvalue weighted by molar-refractivity contribution is 6.12. The molecule has 0 spiro atoms. The zero-order valence-electron chi connectivity index (χ0n) is 18.8. The SMILES string of the molecule is CN1N=C(C2(CCCCN)c3ccc(NC=O)cc3CCc3cc(NC=O)ccc32)CC1=O. The van der Waals surface area contributed by atoms with E-state index in [4.69, 9.17) is 10.8 Å². The maximum absolute atomic E-state index is 12.6. The average Bonchev–Trinajstić information content (AvgIpc) is 3.08. The van der Waals surface area contributed by atoms with Crippen molar-refractivity contribution in [3.63, 3.8) is 0 Å². The molecule has 1 aliphatic heterocycles. The first-order chi connectivity index (χ1) is 16.0. The quantitative estimate of drug-likeness (QED) is 0.404. The molecule has 8 heteroatoms. The minimum atomic E-state index is -0.601. The van der Waals surface area contributed by atoms with Crippen LogP contribution < -0.4 is 16.4 Å². The van der Waals surface area contributed by atoms with Crippen molar-refractivity contribution in [2.45, 2.75) is 43.9 Å². The number of rotatable bonds is 9. The van der Waals surface area contributed by atoms with Gasteiger partial charge >= 0.3 is 0 Å². The normalized spacial score (nSPS) is 16.4. The van der Waals surface area contributed by atoms with E-state index in [1.165, 1.54) is 5.01 Å². The Labute approximate surface area is 193 Å². The third-order valence-corrected chi connectivity index (χ3v) is 6.69. The van der Waals surface area contributed by atoms with Gasteiger partial charge in [0, 0.05) is 18.4 Å². The second kappa shape index (κ2) is 9.54. The van der Waals surface area contributed by atoms with Gasteiger partial charge in [-0.25, -0.2) is 5.01 Å². The Morgan fingerprint density at radius 2 is 1.58 bits per heavy atom. The Morgan fingerprint density at radius 3 is 2.03 bits per heavy atom. The second-order valence-corrected chi connectivity index (χ2v) is 8.56. The summed E-state index contributed by atoms with van der Waals surface area (Å²) in [4.78, 5) is 34.7. The van der Waals surface area contributed by atoms with E-state index in [2.05, 4.69) is 22.8 Å². The molecule has 4 N–H and O–H groups in total. The van der Waals surface area contributed by atoms with Crippen LogP contribution in [-0.2, 0) is 32.6 Å². The topological polar surface area (TPSA) is 117 Å². The maximum Gasteiger partial charge on any atom is 0.248 e. The van der Waals surface area contributed by atoms with Crippen molar-refractivity contribution in [1.29, 1.82) is 0 Å². The minimum absolute atomic E-state index is 0.0333.